The van der Waals surface area contributed by atoms with E-state index in [1.165, 1.54) is 0 Å². The van der Waals surface area contributed by atoms with Crippen molar-refractivity contribution >= 4 is 45.2 Å². The molecule has 0 aliphatic carbocycles. The van der Waals surface area contributed by atoms with Gasteiger partial charge in [-0.05, 0) is 65.5 Å². The predicted molar refractivity (Wildman–Crippen MR) is 108 cm³/mol. The molecule has 0 saturated heterocycles. The average molecular weight is 421 g/mol. The number of anilines is 1. The zero-order valence-electron chi connectivity index (χ0n) is 14.2. The van der Waals surface area contributed by atoms with Crippen LogP contribution in [-0.4, -0.2) is 29.9 Å². The van der Waals surface area contributed by atoms with Gasteiger partial charge in [0, 0.05) is 10.2 Å². The minimum atomic E-state index is -0.589. The third kappa shape index (κ3) is 5.90. The van der Waals surface area contributed by atoms with Gasteiger partial charge >= 0.3 is 0 Å². The summed E-state index contributed by atoms with van der Waals surface area (Å²) in [5.74, 6) is 0.304. The van der Waals surface area contributed by atoms with Gasteiger partial charge in [-0.1, -0.05) is 29.8 Å². The summed E-state index contributed by atoms with van der Waals surface area (Å²) in [7, 11) is 0. The molecule has 2 N–H and O–H groups in total. The third-order valence-corrected chi connectivity index (χ3v) is 5.01. The number of halogens is 1. The summed E-state index contributed by atoms with van der Waals surface area (Å²) in [6, 6.07) is 14.2. The van der Waals surface area contributed by atoms with Crippen molar-refractivity contribution < 1.29 is 9.59 Å². The number of aryl methyl sites for hydroxylation is 1. The highest BCUT2D eigenvalue weighted by atomic mass is 79.9. The van der Waals surface area contributed by atoms with Gasteiger partial charge in [0.05, 0.1) is 5.56 Å². The molecule has 2 rings (SSSR count). The minimum absolute atomic E-state index is 0.210. The van der Waals surface area contributed by atoms with Crippen LogP contribution >= 0.6 is 27.7 Å². The van der Waals surface area contributed by atoms with Crippen LogP contribution in [0.5, 0.6) is 0 Å². The van der Waals surface area contributed by atoms with Crippen LogP contribution in [0.2, 0.25) is 0 Å². The fraction of sp³-hybridized carbons (Fsp3) is 0.263. The normalized spacial score (nSPS) is 11.6. The Kier molecular flexibility index (Phi) is 7.52. The van der Waals surface area contributed by atoms with Gasteiger partial charge < -0.3 is 10.6 Å². The first-order valence-electron chi connectivity index (χ1n) is 7.93. The smallest absolute Gasteiger partial charge is 0.253 e. The number of hydrogen-bond donors (Lipinski definition) is 2. The lowest BCUT2D eigenvalue weighted by atomic mass is 10.1. The lowest BCUT2D eigenvalue weighted by molar-refractivity contribution is -0.118. The molecule has 25 heavy (non-hydrogen) atoms. The van der Waals surface area contributed by atoms with Crippen LogP contribution < -0.4 is 10.6 Å². The largest absolute Gasteiger partial charge is 0.340 e. The van der Waals surface area contributed by atoms with Crippen LogP contribution in [0.15, 0.2) is 53.0 Å². The van der Waals surface area contributed by atoms with E-state index in [0.717, 1.165) is 17.0 Å². The third-order valence-electron chi connectivity index (χ3n) is 3.67. The molecule has 0 spiro atoms. The summed E-state index contributed by atoms with van der Waals surface area (Å²) in [5, 5.41) is 5.72. The molecule has 0 aliphatic heterocycles. The number of benzene rings is 2. The Balaban J connectivity index is 2.09. The number of rotatable bonds is 7. The van der Waals surface area contributed by atoms with Crippen molar-refractivity contribution in [3.8, 4) is 0 Å². The summed E-state index contributed by atoms with van der Waals surface area (Å²) < 4.78 is 0.704. The van der Waals surface area contributed by atoms with E-state index in [9.17, 15) is 9.59 Å². The fourth-order valence-electron chi connectivity index (χ4n) is 2.25. The van der Waals surface area contributed by atoms with Crippen molar-refractivity contribution in [1.29, 1.82) is 0 Å². The molecule has 132 valence electrons. The van der Waals surface area contributed by atoms with E-state index in [0.29, 0.717) is 16.5 Å². The van der Waals surface area contributed by atoms with Crippen LogP contribution in [0.1, 0.15) is 22.3 Å². The van der Waals surface area contributed by atoms with Crippen molar-refractivity contribution in [2.45, 2.75) is 19.4 Å². The van der Waals surface area contributed by atoms with E-state index in [2.05, 4.69) is 26.6 Å². The standard InChI is InChI=1S/C19H21BrN2O2S/c1-13-7-9-14(10-8-13)21-19(24)17(11-12-25-2)22-18(23)15-5-3-4-6-16(15)20/h3-10,17H,11-12H2,1-2H3,(H,21,24)(H,22,23)/t17-/m1/s1. The van der Waals surface area contributed by atoms with Gasteiger partial charge in [-0.2, -0.15) is 11.8 Å². The van der Waals surface area contributed by atoms with E-state index in [-0.39, 0.29) is 11.8 Å². The molecule has 4 nitrogen and oxygen atoms in total. The second kappa shape index (κ2) is 9.63. The molecule has 0 heterocycles. The lowest BCUT2D eigenvalue weighted by Gasteiger charge is -2.18. The molecule has 2 aromatic rings. The van der Waals surface area contributed by atoms with Crippen molar-refractivity contribution in [2.75, 3.05) is 17.3 Å². The highest BCUT2D eigenvalue weighted by molar-refractivity contribution is 9.10. The van der Waals surface area contributed by atoms with Crippen LogP contribution in [0, 0.1) is 6.92 Å². The SMILES string of the molecule is CSCC[C@@H](NC(=O)c1ccccc1Br)C(=O)Nc1ccc(C)cc1. The Hall–Kier alpha value is -1.79. The van der Waals surface area contributed by atoms with Crippen LogP contribution in [-0.2, 0) is 4.79 Å². The minimum Gasteiger partial charge on any atom is -0.340 e. The maximum absolute atomic E-state index is 12.6. The van der Waals surface area contributed by atoms with Gasteiger partial charge in [0.15, 0.2) is 0 Å². The Morgan fingerprint density at radius 1 is 1.12 bits per heavy atom. The Bertz CT molecular complexity index is 734. The molecule has 0 aromatic heterocycles. The van der Waals surface area contributed by atoms with Crippen molar-refractivity contribution in [2.24, 2.45) is 0 Å². The molecule has 1 atom stereocenters. The first kappa shape index (κ1) is 19.5. The quantitative estimate of drug-likeness (QED) is 0.703. The number of carbonyl (C=O) groups is 2. The highest BCUT2D eigenvalue weighted by Crippen LogP contribution is 2.16. The molecule has 2 amide bonds. The fourth-order valence-corrected chi connectivity index (χ4v) is 3.19. The average Bonchev–Trinajstić information content (AvgIpc) is 2.60. The molecule has 0 radical (unpaired) electrons. The maximum atomic E-state index is 12.6. The van der Waals surface area contributed by atoms with E-state index >= 15 is 0 Å². The molecule has 0 bridgehead atoms. The number of amides is 2. The van der Waals surface area contributed by atoms with Crippen molar-refractivity contribution in [3.05, 3.63) is 64.1 Å². The zero-order chi connectivity index (χ0) is 18.2. The summed E-state index contributed by atoms with van der Waals surface area (Å²) >= 11 is 5.01. The highest BCUT2D eigenvalue weighted by Gasteiger charge is 2.22. The summed E-state index contributed by atoms with van der Waals surface area (Å²) in [6.07, 6.45) is 2.54. The molecule has 0 aliphatic rings. The van der Waals surface area contributed by atoms with E-state index in [1.54, 1.807) is 30.0 Å². The number of nitrogens with one attached hydrogen (secondary N) is 2. The Morgan fingerprint density at radius 3 is 2.44 bits per heavy atom. The molecule has 6 heteroatoms. The molecule has 2 aromatic carbocycles. The summed E-state index contributed by atoms with van der Waals surface area (Å²) in [5.41, 5.74) is 2.36. The number of carbonyl (C=O) groups excluding carboxylic acids is 2. The van der Waals surface area contributed by atoms with Crippen LogP contribution in [0.25, 0.3) is 0 Å². The molecule has 0 unspecified atom stereocenters. The molecular weight excluding hydrogens is 400 g/mol. The van der Waals surface area contributed by atoms with Gasteiger partial charge in [0.1, 0.15) is 6.04 Å². The van der Waals surface area contributed by atoms with Gasteiger partial charge in [-0.3, -0.25) is 9.59 Å². The van der Waals surface area contributed by atoms with E-state index in [1.807, 2.05) is 43.5 Å². The number of hydrogen-bond acceptors (Lipinski definition) is 3. The zero-order valence-corrected chi connectivity index (χ0v) is 16.6. The Morgan fingerprint density at radius 2 is 1.80 bits per heavy atom. The monoisotopic (exact) mass is 420 g/mol. The van der Waals surface area contributed by atoms with E-state index < -0.39 is 6.04 Å². The molecular formula is C19H21BrN2O2S. The van der Waals surface area contributed by atoms with Gasteiger partial charge in [0.25, 0.3) is 5.91 Å². The predicted octanol–water partition coefficient (Wildman–Crippen LogP) is 4.25. The summed E-state index contributed by atoms with van der Waals surface area (Å²) in [4.78, 5) is 25.1. The second-order valence-corrected chi connectivity index (χ2v) is 7.48. The topological polar surface area (TPSA) is 58.2 Å². The van der Waals surface area contributed by atoms with Gasteiger partial charge in [0.2, 0.25) is 5.91 Å². The van der Waals surface area contributed by atoms with Crippen LogP contribution in [0.3, 0.4) is 0 Å². The molecule has 0 fully saturated rings. The second-order valence-electron chi connectivity index (χ2n) is 5.64. The van der Waals surface area contributed by atoms with Gasteiger partial charge in [-0.15, -0.1) is 0 Å². The first-order valence-corrected chi connectivity index (χ1v) is 10.1. The maximum Gasteiger partial charge on any atom is 0.253 e. The Labute approximate surface area is 160 Å². The first-order chi connectivity index (χ1) is 12.0. The van der Waals surface area contributed by atoms with Gasteiger partial charge in [-0.25, -0.2) is 0 Å². The van der Waals surface area contributed by atoms with Crippen molar-refractivity contribution in [1.82, 2.24) is 5.32 Å². The van der Waals surface area contributed by atoms with Crippen LogP contribution in [0.4, 0.5) is 5.69 Å². The van der Waals surface area contributed by atoms with E-state index in [4.69, 9.17) is 0 Å². The van der Waals surface area contributed by atoms with Crippen molar-refractivity contribution in [3.63, 3.8) is 0 Å². The molecule has 0 saturated carbocycles. The summed E-state index contributed by atoms with van der Waals surface area (Å²) in [6.45, 7) is 1.99. The number of thioether (sulfide) groups is 1. The lowest BCUT2D eigenvalue weighted by Crippen LogP contribution is -2.44.